The van der Waals surface area contributed by atoms with E-state index in [1.54, 1.807) is 11.3 Å². The SMILES string of the molecule is CCC[C@@]1(C2CCN(C(=O)c3cc(C(C)C)[nH]n3)CC2)NC(=O)N(CCc2cccs2)C1=O. The van der Waals surface area contributed by atoms with Crippen molar-refractivity contribution >= 4 is 29.2 Å². The Bertz CT molecular complexity index is 994. The van der Waals surface area contributed by atoms with Crippen LogP contribution in [-0.2, 0) is 11.2 Å². The van der Waals surface area contributed by atoms with Crippen LogP contribution in [0.2, 0.25) is 0 Å². The minimum absolute atomic E-state index is 0.00935. The number of aromatic nitrogens is 2. The van der Waals surface area contributed by atoms with Gasteiger partial charge in [-0.25, -0.2) is 4.79 Å². The number of rotatable bonds is 8. The van der Waals surface area contributed by atoms with Crippen LogP contribution in [0.3, 0.4) is 0 Å². The van der Waals surface area contributed by atoms with E-state index in [9.17, 15) is 14.4 Å². The van der Waals surface area contributed by atoms with Crippen LogP contribution in [0.15, 0.2) is 23.6 Å². The smallest absolute Gasteiger partial charge is 0.325 e. The Hall–Kier alpha value is -2.68. The average Bonchev–Trinajstić information content (AvgIpc) is 3.54. The van der Waals surface area contributed by atoms with Gasteiger partial charge in [0.25, 0.3) is 11.8 Å². The van der Waals surface area contributed by atoms with Crippen molar-refractivity contribution in [3.63, 3.8) is 0 Å². The molecule has 0 radical (unpaired) electrons. The van der Waals surface area contributed by atoms with Crippen LogP contribution in [-0.4, -0.2) is 63.0 Å². The van der Waals surface area contributed by atoms with E-state index in [-0.39, 0.29) is 29.7 Å². The number of imide groups is 1. The van der Waals surface area contributed by atoms with Gasteiger partial charge in [0, 0.05) is 30.2 Å². The van der Waals surface area contributed by atoms with Crippen LogP contribution < -0.4 is 5.32 Å². The Kier molecular flexibility index (Phi) is 6.88. The molecule has 2 aromatic heterocycles. The Morgan fingerprint density at radius 3 is 2.67 bits per heavy atom. The molecular formula is C24H33N5O3S. The van der Waals surface area contributed by atoms with Crippen molar-refractivity contribution in [2.24, 2.45) is 5.92 Å². The lowest BCUT2D eigenvalue weighted by Gasteiger charge is -2.40. The lowest BCUT2D eigenvalue weighted by molar-refractivity contribution is -0.134. The summed E-state index contributed by atoms with van der Waals surface area (Å²) in [6.07, 6.45) is 3.45. The van der Waals surface area contributed by atoms with Gasteiger partial charge in [-0.1, -0.05) is 33.3 Å². The second kappa shape index (κ2) is 9.67. The number of likely N-dealkylation sites (tertiary alicyclic amines) is 1. The number of piperidine rings is 1. The van der Waals surface area contributed by atoms with Crippen LogP contribution in [0.4, 0.5) is 4.79 Å². The van der Waals surface area contributed by atoms with Gasteiger partial charge >= 0.3 is 6.03 Å². The topological polar surface area (TPSA) is 98.4 Å². The van der Waals surface area contributed by atoms with Gasteiger partial charge < -0.3 is 10.2 Å². The van der Waals surface area contributed by atoms with E-state index in [0.29, 0.717) is 51.0 Å². The first-order valence-electron chi connectivity index (χ1n) is 11.9. The van der Waals surface area contributed by atoms with E-state index in [1.165, 1.54) is 4.90 Å². The highest BCUT2D eigenvalue weighted by molar-refractivity contribution is 7.09. The Balaban J connectivity index is 1.42. The fraction of sp³-hybridized carbons (Fsp3) is 0.583. The van der Waals surface area contributed by atoms with Crippen LogP contribution in [0, 0.1) is 5.92 Å². The molecule has 2 saturated heterocycles. The lowest BCUT2D eigenvalue weighted by atomic mass is 9.74. The average molecular weight is 472 g/mol. The maximum absolute atomic E-state index is 13.5. The highest BCUT2D eigenvalue weighted by Gasteiger charge is 2.55. The van der Waals surface area contributed by atoms with E-state index in [1.807, 2.05) is 35.4 Å². The van der Waals surface area contributed by atoms with E-state index in [0.717, 1.165) is 17.0 Å². The molecule has 178 valence electrons. The molecule has 2 fully saturated rings. The predicted octanol–water partition coefficient (Wildman–Crippen LogP) is 3.78. The summed E-state index contributed by atoms with van der Waals surface area (Å²) in [6, 6.07) is 5.54. The van der Waals surface area contributed by atoms with Crippen molar-refractivity contribution in [1.82, 2.24) is 25.3 Å². The number of aromatic amines is 1. The molecule has 0 aliphatic carbocycles. The summed E-state index contributed by atoms with van der Waals surface area (Å²) in [7, 11) is 0. The monoisotopic (exact) mass is 471 g/mol. The molecule has 8 nitrogen and oxygen atoms in total. The van der Waals surface area contributed by atoms with Crippen molar-refractivity contribution in [3.8, 4) is 0 Å². The zero-order chi connectivity index (χ0) is 23.6. The third-order valence-corrected chi connectivity index (χ3v) is 7.86. The largest absolute Gasteiger partial charge is 0.337 e. The Morgan fingerprint density at radius 1 is 1.30 bits per heavy atom. The molecule has 2 aliphatic rings. The van der Waals surface area contributed by atoms with Crippen molar-refractivity contribution in [1.29, 1.82) is 0 Å². The van der Waals surface area contributed by atoms with E-state index in [2.05, 4.69) is 29.4 Å². The third-order valence-electron chi connectivity index (χ3n) is 6.93. The van der Waals surface area contributed by atoms with E-state index in [4.69, 9.17) is 0 Å². The quantitative estimate of drug-likeness (QED) is 0.573. The summed E-state index contributed by atoms with van der Waals surface area (Å²) in [5.41, 5.74) is 0.510. The summed E-state index contributed by atoms with van der Waals surface area (Å²) >= 11 is 1.64. The molecule has 4 rings (SSSR count). The zero-order valence-corrected chi connectivity index (χ0v) is 20.4. The number of hydrogen-bond acceptors (Lipinski definition) is 5. The van der Waals surface area contributed by atoms with Gasteiger partial charge in [0.15, 0.2) is 0 Å². The maximum atomic E-state index is 13.5. The number of nitrogens with one attached hydrogen (secondary N) is 2. The molecule has 4 heterocycles. The fourth-order valence-electron chi connectivity index (χ4n) is 5.05. The predicted molar refractivity (Wildman–Crippen MR) is 127 cm³/mol. The Labute approximate surface area is 198 Å². The molecule has 0 bridgehead atoms. The summed E-state index contributed by atoms with van der Waals surface area (Å²) in [4.78, 5) is 43.7. The zero-order valence-electron chi connectivity index (χ0n) is 19.6. The number of thiophene rings is 1. The number of urea groups is 1. The molecule has 0 aromatic carbocycles. The minimum Gasteiger partial charge on any atom is -0.337 e. The standard InChI is InChI=1S/C24H33N5O3S/c1-4-10-24(22(31)29(23(32)25-24)13-9-18-6-5-14-33-18)17-7-11-28(12-8-17)21(30)20-15-19(16(2)3)26-27-20/h5-6,14-17H,4,7-13H2,1-3H3,(H,25,32)(H,26,27)/t24-/m0/s1. The van der Waals surface area contributed by atoms with Crippen LogP contribution in [0.25, 0.3) is 0 Å². The van der Waals surface area contributed by atoms with Crippen LogP contribution in [0.1, 0.15) is 73.4 Å². The maximum Gasteiger partial charge on any atom is 0.325 e. The highest BCUT2D eigenvalue weighted by Crippen LogP contribution is 2.37. The lowest BCUT2D eigenvalue weighted by Crippen LogP contribution is -2.56. The van der Waals surface area contributed by atoms with Gasteiger partial charge in [0.05, 0.1) is 0 Å². The number of carbonyl (C=O) groups is 3. The van der Waals surface area contributed by atoms with Crippen molar-refractivity contribution in [2.75, 3.05) is 19.6 Å². The van der Waals surface area contributed by atoms with Crippen molar-refractivity contribution in [2.45, 2.75) is 64.3 Å². The Morgan fingerprint density at radius 2 is 2.06 bits per heavy atom. The van der Waals surface area contributed by atoms with Crippen LogP contribution >= 0.6 is 11.3 Å². The van der Waals surface area contributed by atoms with Crippen molar-refractivity contribution in [3.05, 3.63) is 39.8 Å². The first kappa shape index (κ1) is 23.5. The van der Waals surface area contributed by atoms with Gasteiger partial charge in [-0.2, -0.15) is 5.10 Å². The number of amides is 4. The summed E-state index contributed by atoms with van der Waals surface area (Å²) < 4.78 is 0. The van der Waals surface area contributed by atoms with Crippen molar-refractivity contribution < 1.29 is 14.4 Å². The van der Waals surface area contributed by atoms with Gasteiger partial charge in [-0.05, 0) is 55.0 Å². The van der Waals surface area contributed by atoms with Crippen LogP contribution in [0.5, 0.6) is 0 Å². The second-order valence-corrected chi connectivity index (χ2v) is 10.4. The van der Waals surface area contributed by atoms with Gasteiger partial charge in [0.2, 0.25) is 0 Å². The molecule has 9 heteroatoms. The minimum atomic E-state index is -0.867. The molecule has 0 saturated carbocycles. The summed E-state index contributed by atoms with van der Waals surface area (Å²) in [6.45, 7) is 7.64. The summed E-state index contributed by atoms with van der Waals surface area (Å²) in [5.74, 6) is 0.0959. The molecule has 2 aliphatic heterocycles. The number of carbonyl (C=O) groups excluding carboxylic acids is 3. The number of H-pyrrole nitrogens is 1. The molecule has 2 aromatic rings. The molecule has 1 atom stereocenters. The molecule has 0 spiro atoms. The first-order chi connectivity index (χ1) is 15.9. The second-order valence-electron chi connectivity index (χ2n) is 9.37. The molecule has 33 heavy (non-hydrogen) atoms. The van der Waals surface area contributed by atoms with Gasteiger partial charge in [0.1, 0.15) is 11.2 Å². The van der Waals surface area contributed by atoms with Gasteiger partial charge in [-0.15, -0.1) is 11.3 Å². The first-order valence-corrected chi connectivity index (χ1v) is 12.7. The summed E-state index contributed by atoms with van der Waals surface area (Å²) in [5, 5.41) is 12.2. The number of hydrogen-bond donors (Lipinski definition) is 2. The van der Waals surface area contributed by atoms with Gasteiger partial charge in [-0.3, -0.25) is 19.6 Å². The fourth-order valence-corrected chi connectivity index (χ4v) is 5.75. The highest BCUT2D eigenvalue weighted by atomic mass is 32.1. The number of nitrogens with zero attached hydrogens (tertiary/aromatic N) is 3. The van der Waals surface area contributed by atoms with E-state index < -0.39 is 5.54 Å². The molecule has 4 amide bonds. The molecular weight excluding hydrogens is 438 g/mol. The van der Waals surface area contributed by atoms with E-state index >= 15 is 0 Å². The normalized spacial score (nSPS) is 21.8. The molecule has 2 N–H and O–H groups in total. The third kappa shape index (κ3) is 4.55. The molecule has 0 unspecified atom stereocenters.